The van der Waals surface area contributed by atoms with E-state index in [1.54, 1.807) is 12.5 Å². The van der Waals surface area contributed by atoms with Gasteiger partial charge < -0.3 is 8.83 Å². The van der Waals surface area contributed by atoms with E-state index in [9.17, 15) is 0 Å². The quantitative estimate of drug-likeness (QED) is 0.608. The lowest BCUT2D eigenvalue weighted by atomic mass is 10.2. The zero-order valence-electron chi connectivity index (χ0n) is 9.61. The molecular formula is C15H11O2P. The maximum Gasteiger partial charge on any atom is 0.145 e. The van der Waals surface area contributed by atoms with Gasteiger partial charge in [-0.3, -0.25) is 0 Å². The summed E-state index contributed by atoms with van der Waals surface area (Å²) < 4.78 is 10.9. The molecule has 0 spiro atoms. The maximum absolute atomic E-state index is 5.46. The van der Waals surface area contributed by atoms with Crippen molar-refractivity contribution in [2.45, 2.75) is 0 Å². The van der Waals surface area contributed by atoms with Crippen LogP contribution >= 0.6 is 7.92 Å². The molecule has 88 valence electrons. The predicted molar refractivity (Wildman–Crippen MR) is 73.2 cm³/mol. The van der Waals surface area contributed by atoms with Gasteiger partial charge in [0, 0.05) is 0 Å². The molecule has 0 saturated heterocycles. The van der Waals surface area contributed by atoms with Crippen molar-refractivity contribution < 1.29 is 8.83 Å². The Morgan fingerprint density at radius 3 is 2.06 bits per heavy atom. The molecule has 0 bridgehead atoms. The van der Waals surface area contributed by atoms with Gasteiger partial charge in [0.2, 0.25) is 0 Å². The molecular weight excluding hydrogens is 243 g/mol. The van der Waals surface area contributed by atoms with Crippen LogP contribution in [-0.2, 0) is 0 Å². The Bertz CT molecular complexity index is 563. The second-order valence-corrected chi connectivity index (χ2v) is 5.57. The monoisotopic (exact) mass is 254 g/mol. The van der Waals surface area contributed by atoms with E-state index in [0.29, 0.717) is 0 Å². The molecule has 1 aliphatic carbocycles. The number of hydrogen-bond acceptors (Lipinski definition) is 2. The minimum absolute atomic E-state index is 0.208. The summed E-state index contributed by atoms with van der Waals surface area (Å²) in [6, 6.07) is 7.65. The highest BCUT2D eigenvalue weighted by Crippen LogP contribution is 2.32. The summed E-state index contributed by atoms with van der Waals surface area (Å²) >= 11 is 0. The molecule has 0 N–H and O–H groups in total. The summed E-state index contributed by atoms with van der Waals surface area (Å²) in [6.07, 6.45) is 11.5. The van der Waals surface area contributed by atoms with Crippen LogP contribution in [0.25, 0.3) is 0 Å². The van der Waals surface area contributed by atoms with E-state index in [4.69, 9.17) is 8.83 Å². The van der Waals surface area contributed by atoms with Crippen LogP contribution in [0, 0.1) is 17.5 Å². The Morgan fingerprint density at radius 2 is 1.56 bits per heavy atom. The Labute approximate surface area is 107 Å². The molecule has 2 aromatic rings. The molecule has 2 nitrogen and oxygen atoms in total. The van der Waals surface area contributed by atoms with E-state index >= 15 is 0 Å². The van der Waals surface area contributed by atoms with Crippen molar-refractivity contribution in [3.8, 4) is 11.6 Å². The van der Waals surface area contributed by atoms with Gasteiger partial charge in [0.05, 0.1) is 18.4 Å². The van der Waals surface area contributed by atoms with E-state index in [-0.39, 0.29) is 5.92 Å². The van der Waals surface area contributed by atoms with Crippen LogP contribution in [0.1, 0.15) is 0 Å². The van der Waals surface area contributed by atoms with E-state index in [1.165, 1.54) is 0 Å². The van der Waals surface area contributed by atoms with Crippen molar-refractivity contribution in [3.05, 3.63) is 61.1 Å². The van der Waals surface area contributed by atoms with Crippen LogP contribution in [0.15, 0.2) is 69.9 Å². The zero-order valence-corrected chi connectivity index (χ0v) is 10.5. The first-order valence-electron chi connectivity index (χ1n) is 5.67. The van der Waals surface area contributed by atoms with Gasteiger partial charge in [0.15, 0.2) is 0 Å². The first kappa shape index (κ1) is 11.1. The molecule has 0 aliphatic heterocycles. The Hall–Kier alpha value is -1.97. The van der Waals surface area contributed by atoms with Crippen molar-refractivity contribution in [3.63, 3.8) is 0 Å². The topological polar surface area (TPSA) is 26.3 Å². The fraction of sp³-hybridized carbons (Fsp3) is 0.0667. The second kappa shape index (κ2) is 5.12. The van der Waals surface area contributed by atoms with E-state index in [1.807, 2.05) is 36.4 Å². The standard InChI is InChI=1S/C15H11O2P/c1-2-6-13(5-1)9-12-18(14-7-3-10-16-14)15-8-4-11-17-15/h1-8,10-11,13H. The molecule has 0 saturated carbocycles. The van der Waals surface area contributed by atoms with Crippen molar-refractivity contribution in [1.29, 1.82) is 0 Å². The lowest BCUT2D eigenvalue weighted by Crippen LogP contribution is -2.06. The van der Waals surface area contributed by atoms with Crippen LogP contribution in [0.3, 0.4) is 0 Å². The largest absolute Gasteiger partial charge is 0.463 e. The summed E-state index contributed by atoms with van der Waals surface area (Å²) in [5, 5.41) is 0. The average Bonchev–Trinajstić information content (AvgIpc) is 3.14. The van der Waals surface area contributed by atoms with Gasteiger partial charge in [-0.05, 0) is 24.3 Å². The smallest absolute Gasteiger partial charge is 0.145 e. The molecule has 0 amide bonds. The van der Waals surface area contributed by atoms with Crippen LogP contribution in [0.5, 0.6) is 0 Å². The van der Waals surface area contributed by atoms with Gasteiger partial charge in [0.1, 0.15) is 18.9 Å². The molecule has 0 radical (unpaired) electrons. The number of rotatable bonds is 2. The van der Waals surface area contributed by atoms with Crippen molar-refractivity contribution in [1.82, 2.24) is 0 Å². The summed E-state index contributed by atoms with van der Waals surface area (Å²) in [5.74, 6) is 3.45. The molecule has 0 aromatic carbocycles. The normalized spacial score (nSPS) is 14.1. The van der Waals surface area contributed by atoms with Crippen LogP contribution in [0.2, 0.25) is 0 Å². The fourth-order valence-electron chi connectivity index (χ4n) is 1.68. The summed E-state index contributed by atoms with van der Waals surface area (Å²) in [7, 11) is -0.855. The Balaban J connectivity index is 1.91. The highest BCUT2D eigenvalue weighted by Gasteiger charge is 2.17. The van der Waals surface area contributed by atoms with Gasteiger partial charge in [-0.1, -0.05) is 35.9 Å². The third-order valence-electron chi connectivity index (χ3n) is 2.54. The summed E-state index contributed by atoms with van der Waals surface area (Å²) in [6.45, 7) is 0. The van der Waals surface area contributed by atoms with Crippen molar-refractivity contribution in [2.75, 3.05) is 0 Å². The van der Waals surface area contributed by atoms with Crippen LogP contribution in [-0.4, -0.2) is 0 Å². The van der Waals surface area contributed by atoms with Crippen LogP contribution in [0.4, 0.5) is 0 Å². The van der Waals surface area contributed by atoms with Gasteiger partial charge in [-0.25, -0.2) is 0 Å². The molecule has 0 atom stereocenters. The van der Waals surface area contributed by atoms with E-state index in [2.05, 4.69) is 23.7 Å². The first-order chi connectivity index (χ1) is 8.93. The Kier molecular flexibility index (Phi) is 3.17. The number of furan rings is 2. The third-order valence-corrected chi connectivity index (χ3v) is 4.29. The molecule has 18 heavy (non-hydrogen) atoms. The highest BCUT2D eigenvalue weighted by molar-refractivity contribution is 7.76. The molecule has 2 heterocycles. The van der Waals surface area contributed by atoms with E-state index in [0.717, 1.165) is 11.0 Å². The SMILES string of the molecule is C(#CP(c1ccco1)c1ccco1)C1C=CC=C1. The van der Waals surface area contributed by atoms with Gasteiger partial charge in [-0.15, -0.1) is 0 Å². The van der Waals surface area contributed by atoms with Crippen molar-refractivity contribution in [2.24, 2.45) is 5.92 Å². The Morgan fingerprint density at radius 1 is 0.944 bits per heavy atom. The number of allylic oxidation sites excluding steroid dienone is 4. The number of hydrogen-bond donors (Lipinski definition) is 0. The lowest BCUT2D eigenvalue weighted by Gasteiger charge is -2.03. The maximum atomic E-state index is 5.46. The molecule has 3 heteroatoms. The van der Waals surface area contributed by atoms with Gasteiger partial charge in [0.25, 0.3) is 0 Å². The molecule has 0 fully saturated rings. The predicted octanol–water partition coefficient (Wildman–Crippen LogP) is 3.01. The zero-order chi connectivity index (χ0) is 12.2. The summed E-state index contributed by atoms with van der Waals surface area (Å²) in [4.78, 5) is 0. The second-order valence-electron chi connectivity index (χ2n) is 3.79. The van der Waals surface area contributed by atoms with E-state index < -0.39 is 7.92 Å². The third kappa shape index (κ3) is 2.32. The summed E-state index contributed by atoms with van der Waals surface area (Å²) in [5.41, 5.74) is 5.04. The minimum atomic E-state index is -0.855. The molecule has 2 aromatic heterocycles. The molecule has 3 rings (SSSR count). The van der Waals surface area contributed by atoms with Crippen LogP contribution < -0.4 is 11.0 Å². The molecule has 0 unspecified atom stereocenters. The van der Waals surface area contributed by atoms with Gasteiger partial charge in [-0.2, -0.15) is 0 Å². The fourth-order valence-corrected chi connectivity index (χ4v) is 3.20. The highest BCUT2D eigenvalue weighted by atomic mass is 31.1. The average molecular weight is 254 g/mol. The first-order valence-corrected chi connectivity index (χ1v) is 7.01. The molecule has 1 aliphatic rings. The van der Waals surface area contributed by atoms with Crippen molar-refractivity contribution >= 4 is 18.9 Å². The lowest BCUT2D eigenvalue weighted by molar-refractivity contribution is 0.594. The van der Waals surface area contributed by atoms with Gasteiger partial charge >= 0.3 is 0 Å². The minimum Gasteiger partial charge on any atom is -0.463 e.